The summed E-state index contributed by atoms with van der Waals surface area (Å²) >= 11 is 0. The number of hydrogen-bond acceptors (Lipinski definition) is 3. The van der Waals surface area contributed by atoms with Gasteiger partial charge in [-0.05, 0) is 29.8 Å². The highest BCUT2D eigenvalue weighted by Crippen LogP contribution is 2.03. The number of carbonyl (C=O) groups is 1. The van der Waals surface area contributed by atoms with E-state index in [0.29, 0.717) is 11.1 Å². The number of amides is 1. The smallest absolute Gasteiger partial charge is 0.267 e. The van der Waals surface area contributed by atoms with Crippen molar-refractivity contribution in [3.63, 3.8) is 0 Å². The highest BCUT2D eigenvalue weighted by atomic mass is 16.2. The zero-order valence-corrected chi connectivity index (χ0v) is 10.1. The van der Waals surface area contributed by atoms with Crippen molar-refractivity contribution in [2.75, 3.05) is 0 Å². The summed E-state index contributed by atoms with van der Waals surface area (Å²) in [6.07, 6.45) is 1.57. The number of nitrogens with zero attached hydrogens (tertiary/aromatic N) is 2. The summed E-state index contributed by atoms with van der Waals surface area (Å²) in [7, 11) is 0. The Bertz CT molecular complexity index is 625. The average molecular weight is 249 g/mol. The van der Waals surface area contributed by atoms with Crippen molar-refractivity contribution in [2.24, 2.45) is 5.10 Å². The second-order valence-electron chi connectivity index (χ2n) is 3.80. The molecule has 1 N–H and O–H groups in total. The average Bonchev–Trinajstić information content (AvgIpc) is 2.48. The molecule has 0 radical (unpaired) electrons. The standard InChI is InChI=1S/C15H11N3O/c16-10-12-6-8-14(9-7-12)15(19)18-17-11-13-4-2-1-3-5-13/h1-9,11H,(H,18,19)/b17-11-. The van der Waals surface area contributed by atoms with E-state index in [1.807, 2.05) is 36.4 Å². The molecule has 0 aliphatic heterocycles. The van der Waals surface area contributed by atoms with Gasteiger partial charge in [-0.1, -0.05) is 30.3 Å². The van der Waals surface area contributed by atoms with Crippen molar-refractivity contribution in [1.82, 2.24) is 5.43 Å². The quantitative estimate of drug-likeness (QED) is 0.670. The molecular weight excluding hydrogens is 238 g/mol. The Morgan fingerprint density at radius 3 is 2.42 bits per heavy atom. The van der Waals surface area contributed by atoms with Gasteiger partial charge in [0.1, 0.15) is 0 Å². The molecule has 2 aromatic rings. The molecule has 2 rings (SSSR count). The maximum Gasteiger partial charge on any atom is 0.271 e. The van der Waals surface area contributed by atoms with E-state index in [-0.39, 0.29) is 5.91 Å². The molecule has 0 bridgehead atoms. The fraction of sp³-hybridized carbons (Fsp3) is 0. The molecule has 92 valence electrons. The highest BCUT2D eigenvalue weighted by molar-refractivity contribution is 5.94. The fourth-order valence-corrected chi connectivity index (χ4v) is 1.47. The Morgan fingerprint density at radius 1 is 1.11 bits per heavy atom. The molecule has 0 saturated carbocycles. The molecule has 0 unspecified atom stereocenters. The summed E-state index contributed by atoms with van der Waals surface area (Å²) in [5.41, 5.74) is 4.32. The molecule has 4 heteroatoms. The van der Waals surface area contributed by atoms with Crippen LogP contribution in [0.3, 0.4) is 0 Å². The van der Waals surface area contributed by atoms with Crippen LogP contribution in [0.1, 0.15) is 21.5 Å². The van der Waals surface area contributed by atoms with Crippen molar-refractivity contribution < 1.29 is 4.79 Å². The Hall–Kier alpha value is -2.93. The first-order valence-electron chi connectivity index (χ1n) is 5.68. The van der Waals surface area contributed by atoms with Crippen LogP contribution >= 0.6 is 0 Å². The minimum Gasteiger partial charge on any atom is -0.267 e. The molecule has 1 amide bonds. The first-order chi connectivity index (χ1) is 9.29. The Balaban J connectivity index is 1.98. The van der Waals surface area contributed by atoms with Gasteiger partial charge in [-0.2, -0.15) is 10.4 Å². The minimum atomic E-state index is -0.309. The summed E-state index contributed by atoms with van der Waals surface area (Å²) in [4.78, 5) is 11.7. The zero-order chi connectivity index (χ0) is 13.5. The summed E-state index contributed by atoms with van der Waals surface area (Å²) in [6, 6.07) is 17.8. The Morgan fingerprint density at radius 2 is 1.79 bits per heavy atom. The zero-order valence-electron chi connectivity index (χ0n) is 10.1. The van der Waals surface area contributed by atoms with Crippen molar-refractivity contribution in [2.45, 2.75) is 0 Å². The third-order valence-electron chi connectivity index (χ3n) is 2.46. The number of hydrogen-bond donors (Lipinski definition) is 1. The summed E-state index contributed by atoms with van der Waals surface area (Å²) in [6.45, 7) is 0. The second-order valence-corrected chi connectivity index (χ2v) is 3.80. The van der Waals surface area contributed by atoms with Crippen LogP contribution in [-0.4, -0.2) is 12.1 Å². The van der Waals surface area contributed by atoms with Gasteiger partial charge in [0.25, 0.3) is 5.91 Å². The van der Waals surface area contributed by atoms with Crippen LogP contribution in [-0.2, 0) is 0 Å². The van der Waals surface area contributed by atoms with Gasteiger partial charge in [0.05, 0.1) is 17.8 Å². The van der Waals surface area contributed by atoms with E-state index in [9.17, 15) is 4.79 Å². The van der Waals surface area contributed by atoms with Gasteiger partial charge in [0.15, 0.2) is 0 Å². The lowest BCUT2D eigenvalue weighted by Gasteiger charge is -1.99. The molecular formula is C15H11N3O. The van der Waals surface area contributed by atoms with E-state index in [1.54, 1.807) is 30.5 Å². The molecule has 0 aliphatic carbocycles. The molecule has 0 saturated heterocycles. The van der Waals surface area contributed by atoms with Crippen LogP contribution < -0.4 is 5.43 Å². The first-order valence-corrected chi connectivity index (χ1v) is 5.68. The number of hydrazone groups is 1. The largest absolute Gasteiger partial charge is 0.271 e. The van der Waals surface area contributed by atoms with Gasteiger partial charge in [-0.3, -0.25) is 4.79 Å². The number of rotatable bonds is 3. The molecule has 4 nitrogen and oxygen atoms in total. The van der Waals surface area contributed by atoms with Gasteiger partial charge in [-0.25, -0.2) is 5.43 Å². The summed E-state index contributed by atoms with van der Waals surface area (Å²) in [5.74, 6) is -0.309. The van der Waals surface area contributed by atoms with Crippen LogP contribution in [0.5, 0.6) is 0 Å². The van der Waals surface area contributed by atoms with Gasteiger partial charge in [0, 0.05) is 5.56 Å². The Labute approximate surface area is 111 Å². The molecule has 19 heavy (non-hydrogen) atoms. The summed E-state index contributed by atoms with van der Waals surface area (Å²) < 4.78 is 0. The van der Waals surface area contributed by atoms with E-state index in [4.69, 9.17) is 5.26 Å². The molecule has 0 aromatic heterocycles. The number of nitriles is 1. The lowest BCUT2D eigenvalue weighted by Crippen LogP contribution is -2.17. The third-order valence-corrected chi connectivity index (χ3v) is 2.46. The highest BCUT2D eigenvalue weighted by Gasteiger charge is 2.03. The Kier molecular flexibility index (Phi) is 4.04. The van der Waals surface area contributed by atoms with E-state index in [0.717, 1.165) is 5.56 Å². The maximum absolute atomic E-state index is 11.7. The number of carbonyl (C=O) groups excluding carboxylic acids is 1. The first kappa shape index (κ1) is 12.5. The predicted molar refractivity (Wildman–Crippen MR) is 72.7 cm³/mol. The molecule has 0 atom stereocenters. The molecule has 2 aromatic carbocycles. The summed E-state index contributed by atoms with van der Waals surface area (Å²) in [5, 5.41) is 12.5. The van der Waals surface area contributed by atoms with Crippen LogP contribution in [0, 0.1) is 11.3 Å². The van der Waals surface area contributed by atoms with Crippen LogP contribution in [0.15, 0.2) is 59.7 Å². The second kappa shape index (κ2) is 6.12. The monoisotopic (exact) mass is 249 g/mol. The van der Waals surface area contributed by atoms with E-state index < -0.39 is 0 Å². The van der Waals surface area contributed by atoms with Crippen molar-refractivity contribution >= 4 is 12.1 Å². The minimum absolute atomic E-state index is 0.309. The fourth-order valence-electron chi connectivity index (χ4n) is 1.47. The van der Waals surface area contributed by atoms with Crippen molar-refractivity contribution in [1.29, 1.82) is 5.26 Å². The lowest BCUT2D eigenvalue weighted by molar-refractivity contribution is 0.0955. The van der Waals surface area contributed by atoms with Crippen molar-refractivity contribution in [3.8, 4) is 6.07 Å². The van der Waals surface area contributed by atoms with Gasteiger partial charge in [-0.15, -0.1) is 0 Å². The normalized spacial score (nSPS) is 10.1. The van der Waals surface area contributed by atoms with Gasteiger partial charge < -0.3 is 0 Å². The van der Waals surface area contributed by atoms with Crippen LogP contribution in [0.4, 0.5) is 0 Å². The maximum atomic E-state index is 11.7. The third kappa shape index (κ3) is 3.51. The number of nitrogens with one attached hydrogen (secondary N) is 1. The molecule has 0 aliphatic rings. The predicted octanol–water partition coefficient (Wildman–Crippen LogP) is 2.32. The van der Waals surface area contributed by atoms with Gasteiger partial charge >= 0.3 is 0 Å². The number of benzene rings is 2. The topological polar surface area (TPSA) is 65.2 Å². The SMILES string of the molecule is N#Cc1ccc(C(=O)N/N=C\c2ccccc2)cc1. The van der Waals surface area contributed by atoms with E-state index >= 15 is 0 Å². The molecule has 0 fully saturated rings. The van der Waals surface area contributed by atoms with Crippen LogP contribution in [0.2, 0.25) is 0 Å². The van der Waals surface area contributed by atoms with E-state index in [2.05, 4.69) is 10.5 Å². The molecule has 0 spiro atoms. The lowest BCUT2D eigenvalue weighted by atomic mass is 10.1. The van der Waals surface area contributed by atoms with Gasteiger partial charge in [0.2, 0.25) is 0 Å². The van der Waals surface area contributed by atoms with Crippen molar-refractivity contribution in [3.05, 3.63) is 71.3 Å². The van der Waals surface area contributed by atoms with E-state index in [1.165, 1.54) is 0 Å². The van der Waals surface area contributed by atoms with Crippen LogP contribution in [0.25, 0.3) is 0 Å². The molecule has 0 heterocycles.